The number of rotatable bonds is 4. The van der Waals surface area contributed by atoms with Crippen LogP contribution >= 0.6 is 0 Å². The van der Waals surface area contributed by atoms with Gasteiger partial charge in [-0.05, 0) is 149 Å². The zero-order chi connectivity index (χ0) is 34.6. The fraction of sp³-hybridized carbons (Fsp3) is 0.240. The Bertz CT molecular complexity index is 2580. The van der Waals surface area contributed by atoms with E-state index in [9.17, 15) is 0 Å². The van der Waals surface area contributed by atoms with Crippen LogP contribution in [0.2, 0.25) is 0 Å². The summed E-state index contributed by atoms with van der Waals surface area (Å²) in [7, 11) is 0. The van der Waals surface area contributed by atoms with Crippen LogP contribution < -0.4 is 14.5 Å². The maximum Gasteiger partial charge on any atom is 0.128 e. The molecule has 0 radical (unpaired) electrons. The Morgan fingerprint density at radius 2 is 1.49 bits per heavy atom. The molecule has 53 heavy (non-hydrogen) atoms. The van der Waals surface area contributed by atoms with Gasteiger partial charge in [0.2, 0.25) is 0 Å². The normalized spacial score (nSPS) is 24.5. The Morgan fingerprint density at radius 1 is 0.660 bits per heavy atom. The van der Waals surface area contributed by atoms with E-state index in [4.69, 9.17) is 4.74 Å². The molecule has 2 heterocycles. The zero-order valence-electron chi connectivity index (χ0n) is 29.9. The van der Waals surface area contributed by atoms with Gasteiger partial charge < -0.3 is 14.5 Å². The second kappa shape index (κ2) is 11.5. The van der Waals surface area contributed by atoms with Crippen LogP contribution in [0.25, 0.3) is 43.8 Å². The standard InChI is InChI=1S/C50H42N2O/c1-2-13-33(14-3-1)52-45-19-8-6-16-38(45)39-24-21-36(30-46(39)52)51(35-23-26-48-44(29-35)40-17-7-9-20-47(40)53-48)34-22-25-42-43(28-34)41-18-10-12-32-27-31-11-4-5-15-37(31)50(42)49(32)41/h1-5,7,9-15,17-18,20,22-23,25-29,36,39-40,46-47H,6,8,16,19,21,24,30H2. The summed E-state index contributed by atoms with van der Waals surface area (Å²) in [6.45, 7) is 0. The molecule has 4 aliphatic carbocycles. The van der Waals surface area contributed by atoms with Crippen LogP contribution in [-0.4, -0.2) is 18.2 Å². The van der Waals surface area contributed by atoms with Gasteiger partial charge in [-0.2, -0.15) is 0 Å². The van der Waals surface area contributed by atoms with E-state index >= 15 is 0 Å². The summed E-state index contributed by atoms with van der Waals surface area (Å²) in [5, 5.41) is 5.37. The van der Waals surface area contributed by atoms with E-state index < -0.39 is 0 Å². The SMILES string of the molecule is C1=CC2Oc3ccc(N(c4ccc5c(c4)-c4cccc6cc7ccccc7c-5c46)C4CCC5C6=C(CCCC6)N(c6ccccc6)C5C4)cc3C2C=C1. The highest BCUT2D eigenvalue weighted by Crippen LogP contribution is 2.55. The minimum atomic E-state index is 0.0817. The molecule has 0 bridgehead atoms. The average molecular weight is 687 g/mol. The van der Waals surface area contributed by atoms with E-state index in [1.807, 2.05) is 0 Å². The second-order valence-corrected chi connectivity index (χ2v) is 16.1. The van der Waals surface area contributed by atoms with Crippen LogP contribution in [-0.2, 0) is 0 Å². The van der Waals surface area contributed by atoms with Crippen LogP contribution in [0, 0.1) is 5.92 Å². The van der Waals surface area contributed by atoms with Gasteiger partial charge in [-0.3, -0.25) is 0 Å². The molecule has 258 valence electrons. The second-order valence-electron chi connectivity index (χ2n) is 16.1. The molecule has 3 heteroatoms. The van der Waals surface area contributed by atoms with Crippen LogP contribution in [0.3, 0.4) is 0 Å². The van der Waals surface area contributed by atoms with Crippen molar-refractivity contribution in [2.24, 2.45) is 5.92 Å². The summed E-state index contributed by atoms with van der Waals surface area (Å²) in [4.78, 5) is 5.52. The topological polar surface area (TPSA) is 15.7 Å². The van der Waals surface area contributed by atoms with Crippen molar-refractivity contribution in [2.45, 2.75) is 69.1 Å². The van der Waals surface area contributed by atoms with Crippen molar-refractivity contribution in [3.8, 4) is 28.0 Å². The highest BCUT2D eigenvalue weighted by Gasteiger charge is 2.46. The molecule has 0 saturated heterocycles. The third-order valence-electron chi connectivity index (χ3n) is 13.4. The zero-order valence-corrected chi connectivity index (χ0v) is 29.9. The third kappa shape index (κ3) is 4.40. The molecule has 6 aromatic carbocycles. The lowest BCUT2D eigenvalue weighted by Gasteiger charge is -2.44. The fourth-order valence-electron chi connectivity index (χ4n) is 11.3. The molecule has 1 fully saturated rings. The Morgan fingerprint density at radius 3 is 2.45 bits per heavy atom. The van der Waals surface area contributed by atoms with Gasteiger partial charge in [-0.15, -0.1) is 0 Å². The Hall–Kier alpha value is -5.54. The van der Waals surface area contributed by atoms with Gasteiger partial charge in [0.05, 0.1) is 0 Å². The van der Waals surface area contributed by atoms with Crippen molar-refractivity contribution in [1.82, 2.24) is 0 Å². The van der Waals surface area contributed by atoms with Crippen LogP contribution in [0.1, 0.15) is 56.4 Å². The molecule has 5 unspecified atom stereocenters. The molecule has 1 saturated carbocycles. The monoisotopic (exact) mass is 686 g/mol. The summed E-state index contributed by atoms with van der Waals surface area (Å²) in [5.41, 5.74) is 14.1. The van der Waals surface area contributed by atoms with Crippen molar-refractivity contribution < 1.29 is 4.74 Å². The molecule has 0 aromatic heterocycles. The molecule has 5 atom stereocenters. The lowest BCUT2D eigenvalue weighted by atomic mass is 9.76. The maximum atomic E-state index is 6.47. The largest absolute Gasteiger partial charge is 0.485 e. The van der Waals surface area contributed by atoms with E-state index in [1.54, 1.807) is 11.3 Å². The van der Waals surface area contributed by atoms with Crippen molar-refractivity contribution in [1.29, 1.82) is 0 Å². The number of fused-ring (bicyclic) bond motifs is 10. The number of hydrogen-bond donors (Lipinski definition) is 0. The highest BCUT2D eigenvalue weighted by atomic mass is 16.5. The van der Waals surface area contributed by atoms with Crippen molar-refractivity contribution in [3.63, 3.8) is 0 Å². The molecular weight excluding hydrogens is 645 g/mol. The summed E-state index contributed by atoms with van der Waals surface area (Å²) >= 11 is 0. The van der Waals surface area contributed by atoms with Crippen molar-refractivity contribution >= 4 is 38.6 Å². The first-order chi connectivity index (χ1) is 26.3. The molecule has 12 rings (SSSR count). The first kappa shape index (κ1) is 30.0. The number of benzene rings is 6. The van der Waals surface area contributed by atoms with E-state index in [-0.39, 0.29) is 12.0 Å². The van der Waals surface area contributed by atoms with Crippen LogP contribution in [0.4, 0.5) is 17.1 Å². The van der Waals surface area contributed by atoms with Gasteiger partial charge in [0, 0.05) is 52.2 Å². The minimum Gasteiger partial charge on any atom is -0.485 e. The number of allylic oxidation sites excluding steroid dienone is 3. The number of anilines is 3. The number of nitrogens with zero attached hydrogens (tertiary/aromatic N) is 2. The molecule has 6 aliphatic rings. The van der Waals surface area contributed by atoms with E-state index in [0.717, 1.165) is 12.2 Å². The van der Waals surface area contributed by atoms with Crippen molar-refractivity contribution in [3.05, 3.63) is 156 Å². The molecule has 0 spiro atoms. The van der Waals surface area contributed by atoms with E-state index in [0.29, 0.717) is 18.0 Å². The predicted molar refractivity (Wildman–Crippen MR) is 219 cm³/mol. The van der Waals surface area contributed by atoms with E-state index in [2.05, 4.69) is 149 Å². The number of para-hydroxylation sites is 1. The summed E-state index contributed by atoms with van der Waals surface area (Å²) < 4.78 is 6.47. The summed E-state index contributed by atoms with van der Waals surface area (Å²) in [5.74, 6) is 1.93. The van der Waals surface area contributed by atoms with Gasteiger partial charge in [0.25, 0.3) is 0 Å². The number of ether oxygens (including phenoxy) is 1. The Kier molecular flexibility index (Phi) is 6.49. The maximum absolute atomic E-state index is 6.47. The third-order valence-corrected chi connectivity index (χ3v) is 13.4. The quantitative estimate of drug-likeness (QED) is 0.171. The first-order valence-electron chi connectivity index (χ1n) is 19.9. The van der Waals surface area contributed by atoms with Crippen LogP contribution in [0.5, 0.6) is 5.75 Å². The molecule has 2 aliphatic heterocycles. The first-order valence-corrected chi connectivity index (χ1v) is 19.9. The highest BCUT2D eigenvalue weighted by molar-refractivity contribution is 6.24. The van der Waals surface area contributed by atoms with Crippen LogP contribution in [0.15, 0.2) is 151 Å². The lowest BCUT2D eigenvalue weighted by molar-refractivity contribution is 0.269. The molecular formula is C50H42N2O. The van der Waals surface area contributed by atoms with Gasteiger partial charge in [-0.25, -0.2) is 0 Å². The van der Waals surface area contributed by atoms with Crippen molar-refractivity contribution in [2.75, 3.05) is 9.80 Å². The van der Waals surface area contributed by atoms with Gasteiger partial charge in [0.15, 0.2) is 0 Å². The molecule has 0 amide bonds. The van der Waals surface area contributed by atoms with E-state index in [1.165, 1.54) is 105 Å². The molecule has 3 nitrogen and oxygen atoms in total. The minimum absolute atomic E-state index is 0.0817. The molecule has 6 aromatic rings. The Labute approximate surface area is 311 Å². The van der Waals surface area contributed by atoms with Gasteiger partial charge in [0.1, 0.15) is 11.9 Å². The summed E-state index contributed by atoms with van der Waals surface area (Å²) in [6.07, 6.45) is 17.6. The lowest BCUT2D eigenvalue weighted by Crippen LogP contribution is -2.46. The fourth-order valence-corrected chi connectivity index (χ4v) is 11.3. The smallest absolute Gasteiger partial charge is 0.128 e. The average Bonchev–Trinajstić information content (AvgIpc) is 3.87. The molecule has 0 N–H and O–H groups in total. The predicted octanol–water partition coefficient (Wildman–Crippen LogP) is 12.6. The van der Waals surface area contributed by atoms with Gasteiger partial charge in [-0.1, -0.05) is 85.0 Å². The van der Waals surface area contributed by atoms with Gasteiger partial charge >= 0.3 is 0 Å². The number of hydrogen-bond acceptors (Lipinski definition) is 3. The summed E-state index contributed by atoms with van der Waals surface area (Å²) in [6, 6.07) is 44.7. The Balaban J connectivity index is 1.00.